The molecule has 1 N–H and O–H groups in total. The van der Waals surface area contributed by atoms with E-state index in [2.05, 4.69) is 27.4 Å². The minimum absolute atomic E-state index is 0.309. The molecule has 2 aromatic rings. The third-order valence-corrected chi connectivity index (χ3v) is 4.76. The van der Waals surface area contributed by atoms with Gasteiger partial charge in [-0.3, -0.25) is 4.98 Å². The van der Waals surface area contributed by atoms with E-state index in [0.29, 0.717) is 17.8 Å². The van der Waals surface area contributed by atoms with E-state index >= 15 is 0 Å². The minimum Gasteiger partial charge on any atom is -0.339 e. The molecule has 106 valence electrons. The summed E-state index contributed by atoms with van der Waals surface area (Å²) in [4.78, 5) is 8.69. The van der Waals surface area contributed by atoms with Gasteiger partial charge >= 0.3 is 0 Å². The average Bonchev–Trinajstić information content (AvgIpc) is 3.08. The number of nitrogens with zero attached hydrogens (tertiary/aromatic N) is 3. The monoisotopic (exact) mass is 290 g/mol. The van der Waals surface area contributed by atoms with Crippen molar-refractivity contribution in [1.29, 1.82) is 0 Å². The van der Waals surface area contributed by atoms with Gasteiger partial charge in [0.1, 0.15) is 0 Å². The van der Waals surface area contributed by atoms with E-state index in [9.17, 15) is 0 Å². The van der Waals surface area contributed by atoms with Gasteiger partial charge in [-0.2, -0.15) is 16.7 Å². The summed E-state index contributed by atoms with van der Waals surface area (Å²) >= 11 is 1.93. The van der Waals surface area contributed by atoms with Crippen molar-refractivity contribution < 1.29 is 4.52 Å². The quantitative estimate of drug-likeness (QED) is 0.931. The van der Waals surface area contributed by atoms with Crippen molar-refractivity contribution in [3.8, 4) is 11.4 Å². The summed E-state index contributed by atoms with van der Waals surface area (Å²) in [5, 5.41) is 7.63. The number of aryl methyl sites for hydroxylation is 1. The van der Waals surface area contributed by atoms with Gasteiger partial charge in [-0.25, -0.2) is 0 Å². The van der Waals surface area contributed by atoms with E-state index in [-0.39, 0.29) is 0 Å². The first kappa shape index (κ1) is 13.6. The lowest BCUT2D eigenvalue weighted by Crippen LogP contribution is -2.34. The second-order valence-corrected chi connectivity index (χ2v) is 6.03. The average molecular weight is 290 g/mol. The van der Waals surface area contributed by atoms with Crippen LogP contribution in [0.15, 0.2) is 23.0 Å². The van der Waals surface area contributed by atoms with Gasteiger partial charge in [-0.05, 0) is 25.1 Å². The maximum absolute atomic E-state index is 5.50. The maximum Gasteiger partial charge on any atom is 0.232 e. The van der Waals surface area contributed by atoms with Crippen LogP contribution in [0, 0.1) is 6.92 Å². The van der Waals surface area contributed by atoms with Gasteiger partial charge in [-0.1, -0.05) is 12.1 Å². The van der Waals surface area contributed by atoms with Gasteiger partial charge in [0.2, 0.25) is 11.7 Å². The van der Waals surface area contributed by atoms with Crippen LogP contribution >= 0.6 is 11.8 Å². The smallest absolute Gasteiger partial charge is 0.232 e. The third kappa shape index (κ3) is 2.58. The van der Waals surface area contributed by atoms with E-state index in [0.717, 1.165) is 35.1 Å². The number of aromatic nitrogens is 3. The predicted octanol–water partition coefficient (Wildman–Crippen LogP) is 2.25. The molecule has 1 fully saturated rings. The lowest BCUT2D eigenvalue weighted by atomic mass is 10.0. The fourth-order valence-corrected chi connectivity index (χ4v) is 3.85. The van der Waals surface area contributed by atoms with Crippen LogP contribution in [0.1, 0.15) is 24.3 Å². The van der Waals surface area contributed by atoms with Crippen molar-refractivity contribution in [2.24, 2.45) is 0 Å². The van der Waals surface area contributed by atoms with Crippen LogP contribution in [0.2, 0.25) is 0 Å². The Morgan fingerprint density at radius 3 is 3.15 bits per heavy atom. The Kier molecular flexibility index (Phi) is 4.03. The molecule has 0 amide bonds. The summed E-state index contributed by atoms with van der Waals surface area (Å²) in [6.45, 7) is 5.09. The standard InChI is InChI=1S/C14H18N4OS/c1-3-16-12-8-20-7-11(12)14-17-13(18-19-14)10-4-5-15-6-9(10)2/h4-6,11-12,16H,3,7-8H2,1-2H3. The van der Waals surface area contributed by atoms with Crippen molar-refractivity contribution in [1.82, 2.24) is 20.4 Å². The molecule has 0 saturated carbocycles. The Bertz CT molecular complexity index is 586. The van der Waals surface area contributed by atoms with Crippen LogP contribution in [0.4, 0.5) is 0 Å². The number of hydrogen-bond acceptors (Lipinski definition) is 6. The van der Waals surface area contributed by atoms with Crippen LogP contribution in [0.3, 0.4) is 0 Å². The lowest BCUT2D eigenvalue weighted by Gasteiger charge is -2.15. The highest BCUT2D eigenvalue weighted by molar-refractivity contribution is 7.99. The molecule has 1 aliphatic rings. The summed E-state index contributed by atoms with van der Waals surface area (Å²) in [7, 11) is 0. The third-order valence-electron chi connectivity index (χ3n) is 3.57. The maximum atomic E-state index is 5.50. The molecule has 5 nitrogen and oxygen atoms in total. The van der Waals surface area contributed by atoms with E-state index in [1.165, 1.54) is 0 Å². The van der Waals surface area contributed by atoms with Crippen molar-refractivity contribution in [2.75, 3.05) is 18.1 Å². The number of likely N-dealkylation sites (N-methyl/N-ethyl adjacent to an activating group) is 1. The number of pyridine rings is 1. The van der Waals surface area contributed by atoms with Gasteiger partial charge in [0.05, 0.1) is 5.92 Å². The zero-order valence-corrected chi connectivity index (χ0v) is 12.5. The molecule has 0 aliphatic carbocycles. The lowest BCUT2D eigenvalue weighted by molar-refractivity contribution is 0.340. The summed E-state index contributed by atoms with van der Waals surface area (Å²) in [6.07, 6.45) is 3.57. The molecule has 0 bridgehead atoms. The Balaban J connectivity index is 1.85. The Hall–Kier alpha value is -1.40. The highest BCUT2D eigenvalue weighted by Crippen LogP contribution is 2.33. The Labute approximate surface area is 122 Å². The molecule has 3 heterocycles. The fraction of sp³-hybridized carbons (Fsp3) is 0.500. The van der Waals surface area contributed by atoms with Gasteiger partial charge in [0.15, 0.2) is 0 Å². The first-order valence-corrected chi connectivity index (χ1v) is 8.00. The molecule has 0 radical (unpaired) electrons. The van der Waals surface area contributed by atoms with Crippen molar-refractivity contribution in [2.45, 2.75) is 25.8 Å². The van der Waals surface area contributed by atoms with Gasteiger partial charge in [-0.15, -0.1) is 0 Å². The van der Waals surface area contributed by atoms with Crippen LogP contribution in [-0.2, 0) is 0 Å². The number of rotatable bonds is 4. The molecular formula is C14H18N4OS. The van der Waals surface area contributed by atoms with Gasteiger partial charge in [0.25, 0.3) is 0 Å². The zero-order valence-electron chi connectivity index (χ0n) is 11.7. The SMILES string of the molecule is CCNC1CSCC1c1nc(-c2ccncc2C)no1. The highest BCUT2D eigenvalue weighted by atomic mass is 32.2. The zero-order chi connectivity index (χ0) is 13.9. The number of nitrogens with one attached hydrogen (secondary N) is 1. The molecule has 6 heteroatoms. The molecule has 0 aromatic carbocycles. The van der Waals surface area contributed by atoms with E-state index in [4.69, 9.17) is 4.52 Å². The first-order chi connectivity index (χ1) is 9.79. The molecule has 2 unspecified atom stereocenters. The van der Waals surface area contributed by atoms with Crippen LogP contribution in [0.25, 0.3) is 11.4 Å². The predicted molar refractivity (Wildman–Crippen MR) is 79.8 cm³/mol. The molecule has 1 aliphatic heterocycles. The molecule has 1 saturated heterocycles. The largest absolute Gasteiger partial charge is 0.339 e. The van der Waals surface area contributed by atoms with Crippen LogP contribution < -0.4 is 5.32 Å². The fourth-order valence-electron chi connectivity index (χ4n) is 2.48. The van der Waals surface area contributed by atoms with E-state index in [1.807, 2.05) is 30.9 Å². The summed E-state index contributed by atoms with van der Waals surface area (Å²) < 4.78 is 5.50. The Morgan fingerprint density at radius 2 is 2.35 bits per heavy atom. The van der Waals surface area contributed by atoms with Crippen molar-refractivity contribution in [3.63, 3.8) is 0 Å². The van der Waals surface area contributed by atoms with Crippen LogP contribution in [0.5, 0.6) is 0 Å². The second kappa shape index (κ2) is 5.93. The van der Waals surface area contributed by atoms with Gasteiger partial charge < -0.3 is 9.84 Å². The number of hydrogen-bond donors (Lipinski definition) is 1. The normalized spacial score (nSPS) is 22.3. The molecular weight excluding hydrogens is 272 g/mol. The van der Waals surface area contributed by atoms with E-state index < -0.39 is 0 Å². The topological polar surface area (TPSA) is 63.8 Å². The summed E-state index contributed by atoms with van der Waals surface area (Å²) in [6, 6.07) is 2.35. The number of thioether (sulfide) groups is 1. The Morgan fingerprint density at radius 1 is 1.45 bits per heavy atom. The van der Waals surface area contributed by atoms with Crippen LogP contribution in [-0.4, -0.2) is 39.2 Å². The summed E-state index contributed by atoms with van der Waals surface area (Å²) in [5.41, 5.74) is 2.05. The summed E-state index contributed by atoms with van der Waals surface area (Å²) in [5.74, 6) is 3.85. The molecule has 2 atom stereocenters. The second-order valence-electron chi connectivity index (χ2n) is 4.95. The molecule has 2 aromatic heterocycles. The molecule has 20 heavy (non-hydrogen) atoms. The molecule has 0 spiro atoms. The minimum atomic E-state index is 0.309. The van der Waals surface area contributed by atoms with Crippen molar-refractivity contribution >= 4 is 11.8 Å². The van der Waals surface area contributed by atoms with Gasteiger partial charge in [0, 0.05) is 35.5 Å². The highest BCUT2D eigenvalue weighted by Gasteiger charge is 2.33. The molecule has 3 rings (SSSR count). The van der Waals surface area contributed by atoms with E-state index in [1.54, 1.807) is 6.20 Å². The first-order valence-electron chi connectivity index (χ1n) is 6.85. The van der Waals surface area contributed by atoms with Crippen molar-refractivity contribution in [3.05, 3.63) is 29.9 Å².